The molecule has 0 aromatic heterocycles. The first-order valence-corrected chi connectivity index (χ1v) is 10.4. The van der Waals surface area contributed by atoms with E-state index in [4.69, 9.17) is 10.5 Å². The third kappa shape index (κ3) is 5.68. The standard InChI is InChI=1S/C24H24F6N2O/c1-16(17-11-19(23(25,26)27)13-20(12-17)24(28,29)30)33-15-21(18-5-3-2-4-6-18)7-9-22(32,14-31)10-8-21/h2-6,11-13,16H,7-10,15,32H2,1H3/t16-,21-,22+/m1/s1. The number of nitrogens with zero attached hydrogens (tertiary/aromatic N) is 1. The largest absolute Gasteiger partial charge is 0.416 e. The van der Waals surface area contributed by atoms with E-state index in [2.05, 4.69) is 6.07 Å². The van der Waals surface area contributed by atoms with Crippen LogP contribution in [0.3, 0.4) is 0 Å². The van der Waals surface area contributed by atoms with E-state index in [9.17, 15) is 31.6 Å². The Bertz CT molecular complexity index is 970. The molecule has 3 rings (SSSR count). The van der Waals surface area contributed by atoms with Crippen molar-refractivity contribution in [2.24, 2.45) is 5.73 Å². The van der Waals surface area contributed by atoms with Gasteiger partial charge in [-0.3, -0.25) is 0 Å². The predicted octanol–water partition coefficient (Wildman–Crippen LogP) is 6.53. The minimum absolute atomic E-state index is 0.0668. The van der Waals surface area contributed by atoms with E-state index in [0.717, 1.165) is 5.56 Å². The molecule has 9 heteroatoms. The first kappa shape index (κ1) is 25.1. The molecule has 0 amide bonds. The minimum atomic E-state index is -4.92. The molecule has 1 saturated carbocycles. The van der Waals surface area contributed by atoms with E-state index >= 15 is 0 Å². The van der Waals surface area contributed by atoms with Gasteiger partial charge in [0.1, 0.15) is 5.54 Å². The molecule has 2 N–H and O–H groups in total. The summed E-state index contributed by atoms with van der Waals surface area (Å²) in [5.41, 5.74) is 2.56. The number of benzene rings is 2. The second-order valence-electron chi connectivity index (χ2n) is 8.71. The maximum atomic E-state index is 13.2. The lowest BCUT2D eigenvalue weighted by atomic mass is 9.65. The van der Waals surface area contributed by atoms with Crippen LogP contribution in [0.1, 0.15) is 61.0 Å². The van der Waals surface area contributed by atoms with E-state index in [0.29, 0.717) is 37.8 Å². The molecule has 33 heavy (non-hydrogen) atoms. The van der Waals surface area contributed by atoms with Crippen molar-refractivity contribution in [2.45, 2.75) is 62.0 Å². The van der Waals surface area contributed by atoms with Crippen molar-refractivity contribution in [3.63, 3.8) is 0 Å². The number of nitriles is 1. The van der Waals surface area contributed by atoms with Gasteiger partial charge in [-0.15, -0.1) is 0 Å². The number of hydrogen-bond donors (Lipinski definition) is 1. The lowest BCUT2D eigenvalue weighted by molar-refractivity contribution is -0.143. The number of nitrogens with two attached hydrogens (primary N) is 1. The van der Waals surface area contributed by atoms with Gasteiger partial charge in [0, 0.05) is 5.41 Å². The molecular weight excluding hydrogens is 446 g/mol. The molecule has 0 heterocycles. The summed E-state index contributed by atoms with van der Waals surface area (Å²) in [5.74, 6) is 0. The summed E-state index contributed by atoms with van der Waals surface area (Å²) in [6, 6.07) is 12.9. The normalized spacial score (nSPS) is 24.8. The summed E-state index contributed by atoms with van der Waals surface area (Å²) in [6.07, 6.45) is -9.06. The van der Waals surface area contributed by atoms with Crippen molar-refractivity contribution < 1.29 is 31.1 Å². The molecule has 0 spiro atoms. The molecule has 1 aliphatic rings. The second kappa shape index (κ2) is 8.99. The fourth-order valence-corrected chi connectivity index (χ4v) is 4.19. The molecule has 0 aliphatic heterocycles. The molecule has 0 bridgehead atoms. The first-order chi connectivity index (χ1) is 15.3. The summed E-state index contributed by atoms with van der Waals surface area (Å²) >= 11 is 0. The lowest BCUT2D eigenvalue weighted by Crippen LogP contribution is -2.48. The molecule has 0 radical (unpaired) electrons. The number of halogens is 6. The molecule has 178 valence electrons. The first-order valence-electron chi connectivity index (χ1n) is 10.4. The quantitative estimate of drug-likeness (QED) is 0.505. The third-order valence-corrected chi connectivity index (χ3v) is 6.40. The van der Waals surface area contributed by atoms with Crippen LogP contribution < -0.4 is 5.73 Å². The van der Waals surface area contributed by atoms with Crippen molar-refractivity contribution in [2.75, 3.05) is 6.61 Å². The van der Waals surface area contributed by atoms with Gasteiger partial charge in [0.15, 0.2) is 0 Å². The number of alkyl halides is 6. The Morgan fingerprint density at radius 2 is 1.45 bits per heavy atom. The van der Waals surface area contributed by atoms with Gasteiger partial charge in [0.05, 0.1) is 29.9 Å². The topological polar surface area (TPSA) is 59.0 Å². The van der Waals surface area contributed by atoms with Crippen molar-refractivity contribution in [1.82, 2.24) is 0 Å². The zero-order valence-corrected chi connectivity index (χ0v) is 17.9. The predicted molar refractivity (Wildman–Crippen MR) is 110 cm³/mol. The van der Waals surface area contributed by atoms with E-state index in [-0.39, 0.29) is 18.2 Å². The average molecular weight is 470 g/mol. The van der Waals surface area contributed by atoms with Crippen LogP contribution in [-0.2, 0) is 22.5 Å². The molecule has 1 aliphatic carbocycles. The van der Waals surface area contributed by atoms with Crippen molar-refractivity contribution >= 4 is 0 Å². The highest BCUT2D eigenvalue weighted by atomic mass is 19.4. The van der Waals surface area contributed by atoms with Gasteiger partial charge in [-0.1, -0.05) is 30.3 Å². The van der Waals surface area contributed by atoms with Gasteiger partial charge >= 0.3 is 12.4 Å². The molecule has 2 aromatic rings. The van der Waals surface area contributed by atoms with E-state index < -0.39 is 40.5 Å². The van der Waals surface area contributed by atoms with Crippen molar-refractivity contribution in [3.8, 4) is 6.07 Å². The summed E-state index contributed by atoms with van der Waals surface area (Å²) in [5, 5.41) is 9.35. The minimum Gasteiger partial charge on any atom is -0.373 e. The molecule has 2 aromatic carbocycles. The highest BCUT2D eigenvalue weighted by Crippen LogP contribution is 2.44. The van der Waals surface area contributed by atoms with Gasteiger partial charge in [-0.2, -0.15) is 31.6 Å². The maximum absolute atomic E-state index is 13.2. The molecule has 0 saturated heterocycles. The number of rotatable bonds is 5. The smallest absolute Gasteiger partial charge is 0.373 e. The molecule has 3 nitrogen and oxygen atoms in total. The van der Waals surface area contributed by atoms with Crippen LogP contribution in [-0.4, -0.2) is 12.1 Å². The SMILES string of the molecule is C[C@@H](OC[C@]1(c2ccccc2)CC[C@](N)(C#N)CC1)c1cc(C(F)(F)F)cc(C(F)(F)F)c1. The fourth-order valence-electron chi connectivity index (χ4n) is 4.19. The molecule has 1 fully saturated rings. The Morgan fingerprint density at radius 1 is 0.939 bits per heavy atom. The summed E-state index contributed by atoms with van der Waals surface area (Å²) in [6.45, 7) is 1.50. The van der Waals surface area contributed by atoms with Gasteiger partial charge in [0.2, 0.25) is 0 Å². The van der Waals surface area contributed by atoms with Gasteiger partial charge < -0.3 is 10.5 Å². The van der Waals surface area contributed by atoms with Crippen LogP contribution in [0.5, 0.6) is 0 Å². The fraction of sp³-hybridized carbons (Fsp3) is 0.458. The van der Waals surface area contributed by atoms with E-state index in [1.54, 1.807) is 0 Å². The molecule has 1 atom stereocenters. The summed E-state index contributed by atoms with van der Waals surface area (Å²) in [4.78, 5) is 0. The maximum Gasteiger partial charge on any atom is 0.416 e. The number of hydrogen-bond acceptors (Lipinski definition) is 3. The second-order valence-corrected chi connectivity index (χ2v) is 8.71. The third-order valence-electron chi connectivity index (χ3n) is 6.40. The zero-order valence-electron chi connectivity index (χ0n) is 17.9. The van der Waals surface area contributed by atoms with Crippen LogP contribution in [0.25, 0.3) is 0 Å². The molecular formula is C24H24F6N2O. The number of ether oxygens (including phenoxy) is 1. The van der Waals surface area contributed by atoms with Gasteiger partial charge in [-0.05, 0) is 61.9 Å². The van der Waals surface area contributed by atoms with Gasteiger partial charge in [-0.25, -0.2) is 0 Å². The zero-order chi connectivity index (χ0) is 24.5. The highest BCUT2D eigenvalue weighted by Gasteiger charge is 2.43. The Balaban J connectivity index is 1.88. The Labute approximate surface area is 188 Å². The van der Waals surface area contributed by atoms with Crippen LogP contribution in [0.4, 0.5) is 26.3 Å². The summed E-state index contributed by atoms with van der Waals surface area (Å²) in [7, 11) is 0. The Kier molecular flexibility index (Phi) is 6.83. The van der Waals surface area contributed by atoms with Gasteiger partial charge in [0.25, 0.3) is 0 Å². The van der Waals surface area contributed by atoms with E-state index in [1.165, 1.54) is 6.92 Å². The van der Waals surface area contributed by atoms with Crippen LogP contribution in [0, 0.1) is 11.3 Å². The van der Waals surface area contributed by atoms with Crippen LogP contribution in [0.15, 0.2) is 48.5 Å². The Morgan fingerprint density at radius 3 is 1.91 bits per heavy atom. The average Bonchev–Trinajstić information content (AvgIpc) is 2.78. The van der Waals surface area contributed by atoms with Crippen LogP contribution in [0.2, 0.25) is 0 Å². The summed E-state index contributed by atoms with van der Waals surface area (Å²) < 4.78 is 85.2. The van der Waals surface area contributed by atoms with E-state index in [1.807, 2.05) is 30.3 Å². The highest BCUT2D eigenvalue weighted by molar-refractivity contribution is 5.35. The van der Waals surface area contributed by atoms with Crippen molar-refractivity contribution in [3.05, 3.63) is 70.8 Å². The Hall–Kier alpha value is -2.57. The van der Waals surface area contributed by atoms with Crippen LogP contribution >= 0.6 is 0 Å². The monoisotopic (exact) mass is 470 g/mol. The molecule has 0 unspecified atom stereocenters. The lowest BCUT2D eigenvalue weighted by Gasteiger charge is -2.43. The van der Waals surface area contributed by atoms with Crippen molar-refractivity contribution in [1.29, 1.82) is 5.26 Å².